The highest BCUT2D eigenvalue weighted by Crippen LogP contribution is 2.31. The molecule has 0 fully saturated rings. The van der Waals surface area contributed by atoms with Gasteiger partial charge >= 0.3 is 0 Å². The Hall–Kier alpha value is -1.47. The van der Waals surface area contributed by atoms with E-state index in [1.807, 2.05) is 24.3 Å². The van der Waals surface area contributed by atoms with Gasteiger partial charge in [-0.15, -0.1) is 11.6 Å². The van der Waals surface area contributed by atoms with Crippen LogP contribution in [0.5, 0.6) is 11.5 Å². The van der Waals surface area contributed by atoms with Crippen LogP contribution in [0.1, 0.15) is 22.3 Å². The summed E-state index contributed by atoms with van der Waals surface area (Å²) >= 11 is 5.92. The average Bonchev–Trinajstić information content (AvgIpc) is 2.36. The summed E-state index contributed by atoms with van der Waals surface area (Å²) in [7, 11) is 0. The van der Waals surface area contributed by atoms with Crippen LogP contribution in [0, 0.1) is 20.8 Å². The van der Waals surface area contributed by atoms with Crippen molar-refractivity contribution in [2.75, 3.05) is 0 Å². The van der Waals surface area contributed by atoms with Crippen molar-refractivity contribution in [2.24, 2.45) is 0 Å². The lowest BCUT2D eigenvalue weighted by atomic mass is 10.1. The largest absolute Gasteiger partial charge is 0.457 e. The van der Waals surface area contributed by atoms with Crippen molar-refractivity contribution >= 4 is 11.6 Å². The van der Waals surface area contributed by atoms with Crippen molar-refractivity contribution in [1.29, 1.82) is 0 Å². The normalized spacial score (nSPS) is 10.4. The number of alkyl halides is 1. The topological polar surface area (TPSA) is 9.23 Å². The van der Waals surface area contributed by atoms with Crippen LogP contribution in [0.4, 0.5) is 0 Å². The number of rotatable bonds is 3. The third-order valence-electron chi connectivity index (χ3n) is 3.10. The Labute approximate surface area is 113 Å². The van der Waals surface area contributed by atoms with Crippen LogP contribution < -0.4 is 4.74 Å². The molecule has 0 heterocycles. The van der Waals surface area contributed by atoms with E-state index in [0.29, 0.717) is 5.88 Å². The van der Waals surface area contributed by atoms with Crippen LogP contribution in [-0.2, 0) is 5.88 Å². The molecule has 0 spiro atoms. The van der Waals surface area contributed by atoms with Gasteiger partial charge in [-0.1, -0.05) is 24.3 Å². The van der Waals surface area contributed by atoms with Crippen molar-refractivity contribution in [3.05, 3.63) is 58.7 Å². The molecule has 0 saturated heterocycles. The Morgan fingerprint density at radius 1 is 1.00 bits per heavy atom. The van der Waals surface area contributed by atoms with Crippen molar-refractivity contribution in [2.45, 2.75) is 26.7 Å². The number of hydrogen-bond donors (Lipinski definition) is 0. The Balaban J connectivity index is 2.40. The van der Waals surface area contributed by atoms with Crippen molar-refractivity contribution in [1.82, 2.24) is 0 Å². The molecule has 2 rings (SSSR count). The second kappa shape index (κ2) is 5.45. The molecule has 2 aromatic rings. The predicted molar refractivity (Wildman–Crippen MR) is 76.7 cm³/mol. The Morgan fingerprint density at radius 3 is 2.44 bits per heavy atom. The SMILES string of the molecule is Cc1cc(C)c(C)c(Oc2ccccc2CCl)c1. The summed E-state index contributed by atoms with van der Waals surface area (Å²) < 4.78 is 6.01. The van der Waals surface area contributed by atoms with Crippen LogP contribution in [-0.4, -0.2) is 0 Å². The zero-order valence-electron chi connectivity index (χ0n) is 11.0. The monoisotopic (exact) mass is 260 g/mol. The van der Waals surface area contributed by atoms with E-state index in [4.69, 9.17) is 16.3 Å². The molecule has 0 atom stereocenters. The molecule has 94 valence electrons. The van der Waals surface area contributed by atoms with Gasteiger partial charge in [0.2, 0.25) is 0 Å². The number of para-hydroxylation sites is 1. The van der Waals surface area contributed by atoms with Gasteiger partial charge in [-0.05, 0) is 49.6 Å². The van der Waals surface area contributed by atoms with Gasteiger partial charge in [0.05, 0.1) is 5.88 Å². The zero-order chi connectivity index (χ0) is 13.1. The first-order chi connectivity index (χ1) is 8.61. The van der Waals surface area contributed by atoms with E-state index >= 15 is 0 Å². The van der Waals surface area contributed by atoms with E-state index in [1.165, 1.54) is 16.7 Å². The molecule has 0 saturated carbocycles. The van der Waals surface area contributed by atoms with E-state index in [9.17, 15) is 0 Å². The maximum absolute atomic E-state index is 6.01. The Kier molecular flexibility index (Phi) is 3.93. The number of ether oxygens (including phenoxy) is 1. The molecule has 1 nitrogen and oxygen atoms in total. The summed E-state index contributed by atoms with van der Waals surface area (Å²) in [5.41, 5.74) is 4.63. The standard InChI is InChI=1S/C16H17ClO/c1-11-8-12(2)13(3)16(9-11)18-15-7-5-4-6-14(15)10-17/h4-9H,10H2,1-3H3. The lowest BCUT2D eigenvalue weighted by Crippen LogP contribution is -1.94. The van der Waals surface area contributed by atoms with Crippen LogP contribution in [0.15, 0.2) is 36.4 Å². The minimum absolute atomic E-state index is 0.458. The second-order valence-corrected chi connectivity index (χ2v) is 4.82. The predicted octanol–water partition coefficient (Wildman–Crippen LogP) is 5.14. The third kappa shape index (κ3) is 2.68. The van der Waals surface area contributed by atoms with Crippen molar-refractivity contribution in [3.8, 4) is 11.5 Å². The Morgan fingerprint density at radius 2 is 1.72 bits per heavy atom. The van der Waals surface area contributed by atoms with Crippen LogP contribution in [0.3, 0.4) is 0 Å². The molecular formula is C16H17ClO. The fourth-order valence-electron chi connectivity index (χ4n) is 1.94. The number of hydrogen-bond acceptors (Lipinski definition) is 1. The quantitative estimate of drug-likeness (QED) is 0.694. The van der Waals surface area contributed by atoms with Crippen LogP contribution >= 0.6 is 11.6 Å². The van der Waals surface area contributed by atoms with Crippen LogP contribution in [0.2, 0.25) is 0 Å². The van der Waals surface area contributed by atoms with Gasteiger partial charge in [0.15, 0.2) is 0 Å². The first-order valence-electron chi connectivity index (χ1n) is 6.01. The molecule has 0 bridgehead atoms. The average molecular weight is 261 g/mol. The summed E-state index contributed by atoms with van der Waals surface area (Å²) in [6.45, 7) is 6.25. The number of benzene rings is 2. The van der Waals surface area contributed by atoms with E-state index in [2.05, 4.69) is 32.9 Å². The second-order valence-electron chi connectivity index (χ2n) is 4.55. The van der Waals surface area contributed by atoms with Crippen molar-refractivity contribution in [3.63, 3.8) is 0 Å². The first kappa shape index (κ1) is 13.0. The molecule has 0 aromatic heterocycles. The van der Waals surface area contributed by atoms with Gasteiger partial charge < -0.3 is 4.74 Å². The zero-order valence-corrected chi connectivity index (χ0v) is 11.7. The first-order valence-corrected chi connectivity index (χ1v) is 6.55. The smallest absolute Gasteiger partial charge is 0.131 e. The molecule has 0 N–H and O–H groups in total. The number of halogens is 1. The molecular weight excluding hydrogens is 244 g/mol. The van der Waals surface area contributed by atoms with E-state index in [1.54, 1.807) is 0 Å². The highest BCUT2D eigenvalue weighted by Gasteiger charge is 2.07. The van der Waals surface area contributed by atoms with Gasteiger partial charge in [-0.2, -0.15) is 0 Å². The van der Waals surface area contributed by atoms with E-state index in [-0.39, 0.29) is 0 Å². The summed E-state index contributed by atoms with van der Waals surface area (Å²) in [5, 5.41) is 0. The van der Waals surface area contributed by atoms with Gasteiger partial charge in [0.1, 0.15) is 11.5 Å². The molecule has 0 aliphatic carbocycles. The van der Waals surface area contributed by atoms with Gasteiger partial charge in [-0.3, -0.25) is 0 Å². The molecule has 2 aromatic carbocycles. The fourth-order valence-corrected chi connectivity index (χ4v) is 2.16. The molecule has 0 unspecified atom stereocenters. The molecule has 0 amide bonds. The summed E-state index contributed by atoms with van der Waals surface area (Å²) in [6.07, 6.45) is 0. The maximum atomic E-state index is 6.01. The van der Waals surface area contributed by atoms with E-state index < -0.39 is 0 Å². The van der Waals surface area contributed by atoms with Gasteiger partial charge in [0, 0.05) is 5.56 Å². The minimum Gasteiger partial charge on any atom is -0.457 e. The number of aryl methyl sites for hydroxylation is 2. The maximum Gasteiger partial charge on any atom is 0.131 e. The summed E-state index contributed by atoms with van der Waals surface area (Å²) in [6, 6.07) is 12.1. The summed E-state index contributed by atoms with van der Waals surface area (Å²) in [4.78, 5) is 0. The van der Waals surface area contributed by atoms with Crippen molar-refractivity contribution < 1.29 is 4.74 Å². The highest BCUT2D eigenvalue weighted by atomic mass is 35.5. The third-order valence-corrected chi connectivity index (χ3v) is 3.39. The minimum atomic E-state index is 0.458. The van der Waals surface area contributed by atoms with Gasteiger partial charge in [-0.25, -0.2) is 0 Å². The lowest BCUT2D eigenvalue weighted by molar-refractivity contribution is 0.473. The molecule has 0 radical (unpaired) electrons. The van der Waals surface area contributed by atoms with E-state index in [0.717, 1.165) is 17.1 Å². The summed E-state index contributed by atoms with van der Waals surface area (Å²) in [5.74, 6) is 2.20. The lowest BCUT2D eigenvalue weighted by Gasteiger charge is -2.14. The highest BCUT2D eigenvalue weighted by molar-refractivity contribution is 6.17. The molecule has 0 aliphatic heterocycles. The molecule has 0 aliphatic rings. The van der Waals surface area contributed by atoms with Crippen LogP contribution in [0.25, 0.3) is 0 Å². The Bertz CT molecular complexity index is 561. The molecule has 2 heteroatoms. The van der Waals surface area contributed by atoms with Gasteiger partial charge in [0.25, 0.3) is 0 Å². The fraction of sp³-hybridized carbons (Fsp3) is 0.250. The molecule has 18 heavy (non-hydrogen) atoms.